The van der Waals surface area contributed by atoms with Crippen LogP contribution in [0.3, 0.4) is 0 Å². The molecule has 3 nitrogen and oxygen atoms in total. The van der Waals surface area contributed by atoms with Crippen molar-refractivity contribution in [3.8, 4) is 0 Å². The second-order valence-corrected chi connectivity index (χ2v) is 3.84. The topological polar surface area (TPSA) is 46.2 Å². The Morgan fingerprint density at radius 3 is 2.69 bits per heavy atom. The Kier molecular flexibility index (Phi) is 3.46. The molecule has 0 heterocycles. The molecule has 0 aromatic carbocycles. The van der Waals surface area contributed by atoms with Crippen LogP contribution in [0.5, 0.6) is 0 Å². The average molecular weight is 183 g/mol. The molecule has 0 aromatic heterocycles. The van der Waals surface area contributed by atoms with Crippen LogP contribution in [0.4, 0.5) is 0 Å². The fourth-order valence-electron chi connectivity index (χ4n) is 1.60. The van der Waals surface area contributed by atoms with E-state index >= 15 is 0 Å². The van der Waals surface area contributed by atoms with Crippen LogP contribution < -0.4 is 5.32 Å². The van der Waals surface area contributed by atoms with Crippen molar-refractivity contribution >= 4 is 11.7 Å². The lowest BCUT2D eigenvalue weighted by atomic mass is 10.2. The third-order valence-corrected chi connectivity index (χ3v) is 2.34. The molecule has 2 unspecified atom stereocenters. The molecule has 0 aromatic rings. The Morgan fingerprint density at radius 2 is 2.15 bits per heavy atom. The van der Waals surface area contributed by atoms with Crippen LogP contribution in [0.15, 0.2) is 0 Å². The van der Waals surface area contributed by atoms with Gasteiger partial charge in [-0.25, -0.2) is 0 Å². The van der Waals surface area contributed by atoms with Crippen LogP contribution >= 0.6 is 0 Å². The van der Waals surface area contributed by atoms with Crippen LogP contribution in [-0.2, 0) is 9.59 Å². The molecular weight excluding hydrogens is 166 g/mol. The van der Waals surface area contributed by atoms with Crippen LogP contribution in [-0.4, -0.2) is 17.7 Å². The van der Waals surface area contributed by atoms with Gasteiger partial charge < -0.3 is 5.32 Å². The summed E-state index contributed by atoms with van der Waals surface area (Å²) in [7, 11) is 0. The van der Waals surface area contributed by atoms with E-state index in [9.17, 15) is 9.59 Å². The molecular formula is C10H17NO2. The van der Waals surface area contributed by atoms with E-state index in [1.807, 2.05) is 0 Å². The molecule has 0 aliphatic heterocycles. The minimum absolute atomic E-state index is 0.0370. The summed E-state index contributed by atoms with van der Waals surface area (Å²) >= 11 is 0. The molecule has 2 atom stereocenters. The summed E-state index contributed by atoms with van der Waals surface area (Å²) < 4.78 is 0. The smallest absolute Gasteiger partial charge is 0.227 e. The fourth-order valence-corrected chi connectivity index (χ4v) is 1.60. The Morgan fingerprint density at radius 1 is 1.46 bits per heavy atom. The van der Waals surface area contributed by atoms with E-state index in [2.05, 4.69) is 12.2 Å². The molecule has 1 saturated carbocycles. The number of ketones is 1. The zero-order valence-corrected chi connectivity index (χ0v) is 8.30. The van der Waals surface area contributed by atoms with E-state index in [4.69, 9.17) is 0 Å². The monoisotopic (exact) mass is 183 g/mol. The number of nitrogens with one attached hydrogen (secondary N) is 1. The molecule has 1 N–H and O–H groups in total. The fraction of sp³-hybridized carbons (Fsp3) is 0.800. The lowest BCUT2D eigenvalue weighted by molar-refractivity contribution is -0.127. The number of rotatable bonds is 5. The summed E-state index contributed by atoms with van der Waals surface area (Å²) in [5.41, 5.74) is 0. The third kappa shape index (κ3) is 3.57. The Bertz CT molecular complexity index is 213. The van der Waals surface area contributed by atoms with Gasteiger partial charge in [0.05, 0.1) is 6.42 Å². The highest BCUT2D eigenvalue weighted by Crippen LogP contribution is 2.34. The molecule has 0 radical (unpaired) electrons. The first-order valence-corrected chi connectivity index (χ1v) is 4.92. The van der Waals surface area contributed by atoms with Gasteiger partial charge in [-0.15, -0.1) is 0 Å². The predicted molar refractivity (Wildman–Crippen MR) is 50.2 cm³/mol. The summed E-state index contributed by atoms with van der Waals surface area (Å²) in [5, 5.41) is 2.86. The molecule has 0 spiro atoms. The maximum absolute atomic E-state index is 11.1. The van der Waals surface area contributed by atoms with Crippen molar-refractivity contribution < 1.29 is 9.59 Å². The van der Waals surface area contributed by atoms with Gasteiger partial charge in [-0.2, -0.15) is 0 Å². The van der Waals surface area contributed by atoms with Crippen molar-refractivity contribution in [1.29, 1.82) is 0 Å². The molecule has 1 fully saturated rings. The van der Waals surface area contributed by atoms with E-state index in [1.54, 1.807) is 0 Å². The summed E-state index contributed by atoms with van der Waals surface area (Å²) in [6, 6.07) is 0.354. The van der Waals surface area contributed by atoms with Crippen molar-refractivity contribution in [1.82, 2.24) is 5.32 Å². The predicted octanol–water partition coefficient (Wildman–Crippen LogP) is 1.27. The molecule has 3 heteroatoms. The molecule has 0 bridgehead atoms. The number of hydrogen-bond donors (Lipinski definition) is 1. The highest BCUT2D eigenvalue weighted by molar-refractivity contribution is 5.96. The minimum Gasteiger partial charge on any atom is -0.353 e. The zero-order chi connectivity index (χ0) is 9.84. The van der Waals surface area contributed by atoms with Gasteiger partial charge in [-0.05, 0) is 25.7 Å². The number of amides is 1. The molecule has 1 aliphatic rings. The van der Waals surface area contributed by atoms with Gasteiger partial charge in [-0.1, -0.05) is 13.3 Å². The van der Waals surface area contributed by atoms with Crippen LogP contribution in [0, 0.1) is 5.92 Å². The first-order chi connectivity index (χ1) is 6.13. The maximum Gasteiger partial charge on any atom is 0.227 e. The normalized spacial score (nSPS) is 25.4. The lowest BCUT2D eigenvalue weighted by Crippen LogP contribution is -2.28. The second kappa shape index (κ2) is 4.40. The van der Waals surface area contributed by atoms with Gasteiger partial charge in [0, 0.05) is 6.04 Å². The van der Waals surface area contributed by atoms with Gasteiger partial charge in [-0.3, -0.25) is 9.59 Å². The standard InChI is InChI=1S/C10H17NO2/c1-3-4-8-6-9(8)11-10(13)5-7(2)12/h8-9H,3-6H2,1-2H3,(H,11,13). The van der Waals surface area contributed by atoms with Gasteiger partial charge in [0.25, 0.3) is 0 Å². The Hall–Kier alpha value is -0.860. The summed E-state index contributed by atoms with van der Waals surface area (Å²) in [6.45, 7) is 3.59. The van der Waals surface area contributed by atoms with E-state index in [0.29, 0.717) is 12.0 Å². The lowest BCUT2D eigenvalue weighted by Gasteiger charge is -2.01. The molecule has 1 rings (SSSR count). The molecule has 0 saturated heterocycles. The summed E-state index contributed by atoms with van der Waals surface area (Å²) in [6.07, 6.45) is 3.49. The van der Waals surface area contributed by atoms with Crippen molar-refractivity contribution in [3.05, 3.63) is 0 Å². The highest BCUT2D eigenvalue weighted by Gasteiger charge is 2.36. The Balaban J connectivity index is 2.13. The number of hydrogen-bond acceptors (Lipinski definition) is 2. The molecule has 13 heavy (non-hydrogen) atoms. The van der Waals surface area contributed by atoms with Gasteiger partial charge in [0.15, 0.2) is 0 Å². The van der Waals surface area contributed by atoms with Crippen molar-refractivity contribution in [2.75, 3.05) is 0 Å². The Labute approximate surface area is 78.9 Å². The first-order valence-electron chi connectivity index (χ1n) is 4.92. The molecule has 1 aliphatic carbocycles. The molecule has 1 amide bonds. The number of carbonyl (C=O) groups is 2. The average Bonchev–Trinajstić information content (AvgIpc) is 2.66. The second-order valence-electron chi connectivity index (χ2n) is 3.84. The van der Waals surface area contributed by atoms with E-state index < -0.39 is 0 Å². The summed E-state index contributed by atoms with van der Waals surface area (Å²) in [5.74, 6) is 0.488. The van der Waals surface area contributed by atoms with Crippen molar-refractivity contribution in [2.24, 2.45) is 5.92 Å². The highest BCUT2D eigenvalue weighted by atomic mass is 16.2. The van der Waals surface area contributed by atoms with Gasteiger partial charge in [0.2, 0.25) is 5.91 Å². The zero-order valence-electron chi connectivity index (χ0n) is 8.30. The minimum atomic E-state index is -0.115. The van der Waals surface area contributed by atoms with E-state index in [1.165, 1.54) is 19.8 Å². The van der Waals surface area contributed by atoms with Crippen molar-refractivity contribution in [3.63, 3.8) is 0 Å². The number of carbonyl (C=O) groups excluding carboxylic acids is 2. The quantitative estimate of drug-likeness (QED) is 0.652. The first kappa shape index (κ1) is 10.2. The van der Waals surface area contributed by atoms with Crippen LogP contribution in [0.2, 0.25) is 0 Å². The van der Waals surface area contributed by atoms with E-state index in [-0.39, 0.29) is 18.1 Å². The van der Waals surface area contributed by atoms with Crippen molar-refractivity contribution in [2.45, 2.75) is 45.6 Å². The SMILES string of the molecule is CCCC1CC1NC(=O)CC(C)=O. The maximum atomic E-state index is 11.1. The van der Waals surface area contributed by atoms with Crippen LogP contribution in [0.1, 0.15) is 39.5 Å². The van der Waals surface area contributed by atoms with Gasteiger partial charge in [0.1, 0.15) is 5.78 Å². The third-order valence-electron chi connectivity index (χ3n) is 2.34. The number of Topliss-reactive ketones (excluding diaryl/α,β-unsaturated/α-hetero) is 1. The van der Waals surface area contributed by atoms with E-state index in [0.717, 1.165) is 6.42 Å². The largest absolute Gasteiger partial charge is 0.353 e. The molecule has 74 valence electrons. The van der Waals surface area contributed by atoms with Gasteiger partial charge >= 0.3 is 0 Å². The summed E-state index contributed by atoms with van der Waals surface area (Å²) in [4.78, 5) is 21.7. The van der Waals surface area contributed by atoms with Crippen LogP contribution in [0.25, 0.3) is 0 Å².